The molecule has 158 valence electrons. The van der Waals surface area contributed by atoms with Crippen LogP contribution in [0.5, 0.6) is 0 Å². The number of carboxylic acid groups (broad SMARTS) is 1. The Kier molecular flexibility index (Phi) is 6.51. The molecule has 4 heteroatoms. The fraction of sp³-hybridized carbons (Fsp3) is 0.462. The molecular weight excluding hydrogens is 376 g/mol. The van der Waals surface area contributed by atoms with Crippen molar-refractivity contribution in [3.05, 3.63) is 59.7 Å². The normalized spacial score (nSPS) is 22.0. The molecule has 2 aromatic rings. The molecule has 0 radical (unpaired) electrons. The third kappa shape index (κ3) is 4.43. The summed E-state index contributed by atoms with van der Waals surface area (Å²) < 4.78 is 5.87. The van der Waals surface area contributed by atoms with Gasteiger partial charge in [-0.15, -0.1) is 0 Å². The Morgan fingerprint density at radius 3 is 1.73 bits per heavy atom. The number of carboxylic acids is 1. The van der Waals surface area contributed by atoms with Gasteiger partial charge in [0.05, 0.1) is 11.8 Å². The molecule has 0 saturated heterocycles. The Balaban J connectivity index is 1.38. The van der Waals surface area contributed by atoms with Crippen LogP contribution < -0.4 is 0 Å². The van der Waals surface area contributed by atoms with Gasteiger partial charge >= 0.3 is 11.9 Å². The van der Waals surface area contributed by atoms with E-state index in [9.17, 15) is 14.7 Å². The van der Waals surface area contributed by atoms with E-state index in [2.05, 4.69) is 36.4 Å². The first-order valence-corrected chi connectivity index (χ1v) is 11.2. The fourth-order valence-electron chi connectivity index (χ4n) is 5.06. The van der Waals surface area contributed by atoms with Crippen LogP contribution in [-0.2, 0) is 14.3 Å². The van der Waals surface area contributed by atoms with E-state index in [0.717, 1.165) is 38.5 Å². The smallest absolute Gasteiger partial charge is 0.308 e. The molecule has 0 amide bonds. The van der Waals surface area contributed by atoms with Crippen molar-refractivity contribution in [1.29, 1.82) is 0 Å². The minimum atomic E-state index is -0.677. The number of rotatable bonds is 4. The van der Waals surface area contributed by atoms with E-state index in [1.165, 1.54) is 22.3 Å². The van der Waals surface area contributed by atoms with Crippen molar-refractivity contribution >= 4 is 11.9 Å². The minimum absolute atomic E-state index is 0.0710. The lowest BCUT2D eigenvalue weighted by atomic mass is 9.88. The number of fused-ring (bicyclic) bond motifs is 3. The topological polar surface area (TPSA) is 63.6 Å². The van der Waals surface area contributed by atoms with Gasteiger partial charge in [0.2, 0.25) is 0 Å². The van der Waals surface area contributed by atoms with Crippen molar-refractivity contribution in [2.45, 2.75) is 57.3 Å². The summed E-state index contributed by atoms with van der Waals surface area (Å²) in [5, 5.41) is 9.30. The fourth-order valence-corrected chi connectivity index (χ4v) is 5.06. The number of carbonyl (C=O) groups excluding carboxylic acids is 1. The molecule has 0 atom stereocenters. The molecule has 4 nitrogen and oxygen atoms in total. The van der Waals surface area contributed by atoms with Gasteiger partial charge in [0, 0.05) is 5.92 Å². The van der Waals surface area contributed by atoms with E-state index in [0.29, 0.717) is 19.4 Å². The van der Waals surface area contributed by atoms with E-state index in [1.807, 2.05) is 12.1 Å². The molecule has 0 unspecified atom stereocenters. The summed E-state index contributed by atoms with van der Waals surface area (Å²) in [5.74, 6) is -0.970. The SMILES string of the molecule is O=C(O)C1CCCCC(C(=O)OCC2c3ccccc3-c3ccccc32)CCCC1. The zero-order valence-corrected chi connectivity index (χ0v) is 17.4. The third-order valence-corrected chi connectivity index (χ3v) is 6.75. The molecule has 1 saturated carbocycles. The molecular formula is C26H30O4. The Hall–Kier alpha value is -2.62. The molecule has 0 aromatic heterocycles. The van der Waals surface area contributed by atoms with Gasteiger partial charge in [0.25, 0.3) is 0 Å². The maximum atomic E-state index is 12.9. The van der Waals surface area contributed by atoms with Crippen molar-refractivity contribution < 1.29 is 19.4 Å². The van der Waals surface area contributed by atoms with Crippen molar-refractivity contribution in [2.24, 2.45) is 11.8 Å². The van der Waals surface area contributed by atoms with Gasteiger partial charge < -0.3 is 9.84 Å². The number of hydrogen-bond acceptors (Lipinski definition) is 3. The lowest BCUT2D eigenvalue weighted by Crippen LogP contribution is -2.22. The molecule has 0 aliphatic heterocycles. The zero-order valence-electron chi connectivity index (χ0n) is 17.4. The Morgan fingerprint density at radius 1 is 0.767 bits per heavy atom. The van der Waals surface area contributed by atoms with E-state index in [4.69, 9.17) is 4.74 Å². The van der Waals surface area contributed by atoms with Crippen molar-refractivity contribution in [3.63, 3.8) is 0 Å². The highest BCUT2D eigenvalue weighted by atomic mass is 16.5. The Labute approximate surface area is 178 Å². The van der Waals surface area contributed by atoms with Crippen molar-refractivity contribution in [3.8, 4) is 11.1 Å². The molecule has 30 heavy (non-hydrogen) atoms. The van der Waals surface area contributed by atoms with Gasteiger partial charge in [-0.25, -0.2) is 0 Å². The van der Waals surface area contributed by atoms with Crippen molar-refractivity contribution in [1.82, 2.24) is 0 Å². The monoisotopic (exact) mass is 406 g/mol. The number of carbonyl (C=O) groups is 2. The summed E-state index contributed by atoms with van der Waals surface area (Å²) in [5.41, 5.74) is 4.94. The van der Waals surface area contributed by atoms with Crippen LogP contribution in [0, 0.1) is 11.8 Å². The first-order chi connectivity index (χ1) is 14.6. The van der Waals surface area contributed by atoms with Crippen LogP contribution in [-0.4, -0.2) is 23.7 Å². The second-order valence-electron chi connectivity index (χ2n) is 8.66. The molecule has 0 bridgehead atoms. The molecule has 0 heterocycles. The van der Waals surface area contributed by atoms with Crippen LogP contribution in [0.1, 0.15) is 68.4 Å². The molecule has 4 rings (SSSR count). The molecule has 0 spiro atoms. The van der Waals surface area contributed by atoms with Gasteiger partial charge in [-0.2, -0.15) is 0 Å². The molecule has 2 aliphatic rings. The first kappa shape index (κ1) is 20.6. The highest BCUT2D eigenvalue weighted by Gasteiger charge is 2.30. The summed E-state index contributed by atoms with van der Waals surface area (Å²) in [6.45, 7) is 0.379. The Morgan fingerprint density at radius 2 is 1.23 bits per heavy atom. The molecule has 2 aromatic carbocycles. The van der Waals surface area contributed by atoms with E-state index >= 15 is 0 Å². The largest absolute Gasteiger partial charge is 0.481 e. The van der Waals surface area contributed by atoms with E-state index in [-0.39, 0.29) is 23.7 Å². The summed E-state index contributed by atoms with van der Waals surface area (Å²) in [6.07, 6.45) is 6.52. The Bertz CT molecular complexity index is 846. The van der Waals surface area contributed by atoms with Crippen LogP contribution in [0.4, 0.5) is 0 Å². The van der Waals surface area contributed by atoms with Gasteiger partial charge in [-0.3, -0.25) is 9.59 Å². The molecule has 1 N–H and O–H groups in total. The second-order valence-corrected chi connectivity index (χ2v) is 8.66. The van der Waals surface area contributed by atoms with Crippen molar-refractivity contribution in [2.75, 3.05) is 6.61 Å². The maximum Gasteiger partial charge on any atom is 0.308 e. The third-order valence-electron chi connectivity index (χ3n) is 6.75. The first-order valence-electron chi connectivity index (χ1n) is 11.2. The number of ether oxygens (including phenoxy) is 1. The van der Waals surface area contributed by atoms with Crippen LogP contribution >= 0.6 is 0 Å². The summed E-state index contributed by atoms with van der Waals surface area (Å²) in [7, 11) is 0. The lowest BCUT2D eigenvalue weighted by molar-refractivity contribution is -0.149. The maximum absolute atomic E-state index is 12.9. The molecule has 2 aliphatic carbocycles. The standard InChI is InChI=1S/C26H30O4/c27-25(28)18-9-1-3-11-19(12-4-2-10-18)26(29)30-17-24-22-15-7-5-13-20(22)21-14-6-8-16-23(21)24/h5-8,13-16,18-19,24H,1-4,9-12,17H2,(H,27,28). The van der Waals surface area contributed by atoms with E-state index in [1.54, 1.807) is 0 Å². The zero-order chi connectivity index (χ0) is 20.9. The number of benzene rings is 2. The summed E-state index contributed by atoms with van der Waals surface area (Å²) >= 11 is 0. The van der Waals surface area contributed by atoms with Gasteiger partial charge in [-0.05, 0) is 47.9 Å². The lowest BCUT2D eigenvalue weighted by Gasteiger charge is -2.21. The number of aliphatic carboxylic acids is 1. The highest BCUT2D eigenvalue weighted by Crippen LogP contribution is 2.44. The van der Waals surface area contributed by atoms with Crippen LogP contribution in [0.2, 0.25) is 0 Å². The van der Waals surface area contributed by atoms with E-state index < -0.39 is 5.97 Å². The van der Waals surface area contributed by atoms with Crippen LogP contribution in [0.15, 0.2) is 48.5 Å². The molecule has 1 fully saturated rings. The number of esters is 1. The average Bonchev–Trinajstić information content (AvgIpc) is 3.09. The van der Waals surface area contributed by atoms with Gasteiger partial charge in [0.1, 0.15) is 6.61 Å². The second kappa shape index (κ2) is 9.46. The minimum Gasteiger partial charge on any atom is -0.481 e. The van der Waals surface area contributed by atoms with Crippen LogP contribution in [0.25, 0.3) is 11.1 Å². The highest BCUT2D eigenvalue weighted by molar-refractivity contribution is 5.79. The quantitative estimate of drug-likeness (QED) is 0.653. The number of hydrogen-bond donors (Lipinski definition) is 1. The van der Waals surface area contributed by atoms with Gasteiger partial charge in [0.15, 0.2) is 0 Å². The average molecular weight is 407 g/mol. The predicted octanol–water partition coefficient (Wildman–Crippen LogP) is 5.79. The van der Waals surface area contributed by atoms with Gasteiger partial charge in [-0.1, -0.05) is 74.2 Å². The predicted molar refractivity (Wildman–Crippen MR) is 116 cm³/mol. The summed E-state index contributed by atoms with van der Waals surface area (Å²) in [4.78, 5) is 24.2. The van der Waals surface area contributed by atoms with Crippen LogP contribution in [0.3, 0.4) is 0 Å². The summed E-state index contributed by atoms with van der Waals surface area (Å²) in [6, 6.07) is 16.8.